The maximum Gasteiger partial charge on any atom is 0.122 e. The molecule has 1 aromatic heterocycles. The van der Waals surface area contributed by atoms with Gasteiger partial charge in [-0.1, -0.05) is 31.2 Å². The summed E-state index contributed by atoms with van der Waals surface area (Å²) in [5, 5.41) is 12.4. The van der Waals surface area contributed by atoms with E-state index in [0.717, 1.165) is 30.8 Å². The number of para-hydroxylation sites is 1. The predicted octanol–water partition coefficient (Wildman–Crippen LogP) is 3.71. The molecule has 1 aromatic carbocycles. The zero-order valence-corrected chi connectivity index (χ0v) is 14.2. The maximum absolute atomic E-state index is 10.3. The van der Waals surface area contributed by atoms with Crippen molar-refractivity contribution in [2.24, 2.45) is 0 Å². The second kappa shape index (κ2) is 8.93. The lowest BCUT2D eigenvalue weighted by Gasteiger charge is -2.24. The third-order valence-electron chi connectivity index (χ3n) is 3.49. The second-order valence-electron chi connectivity index (χ2n) is 5.54. The van der Waals surface area contributed by atoms with E-state index in [0.29, 0.717) is 13.2 Å². The number of benzene rings is 1. The third kappa shape index (κ3) is 5.44. The number of thiophene rings is 1. The van der Waals surface area contributed by atoms with Crippen molar-refractivity contribution in [2.45, 2.75) is 32.9 Å². The number of aliphatic hydroxyl groups is 1. The summed E-state index contributed by atoms with van der Waals surface area (Å²) in [5.41, 5.74) is 1.10. The minimum atomic E-state index is -0.480. The summed E-state index contributed by atoms with van der Waals surface area (Å²) in [6.07, 6.45) is 0.600. The van der Waals surface area contributed by atoms with Gasteiger partial charge in [0.05, 0.1) is 0 Å². The average molecular weight is 319 g/mol. The minimum absolute atomic E-state index is 0.329. The molecule has 0 bridgehead atoms. The molecule has 1 heterocycles. The van der Waals surface area contributed by atoms with Gasteiger partial charge in [0, 0.05) is 18.0 Å². The molecule has 0 spiro atoms. The summed E-state index contributed by atoms with van der Waals surface area (Å²) in [5.74, 6) is 0.849. The van der Waals surface area contributed by atoms with Crippen LogP contribution in [0.15, 0.2) is 41.8 Å². The monoisotopic (exact) mass is 319 g/mol. The molecule has 0 fully saturated rings. The standard InChI is InChI=1S/C18H25NO2S/c1-3-10-19(13-17-8-6-11-22-17)12-16(20)14-21-18-9-5-4-7-15(18)2/h4-9,11,16,20H,3,10,12-14H2,1-2H3/t16-/m0/s1. The number of nitrogens with zero attached hydrogens (tertiary/aromatic N) is 1. The van der Waals surface area contributed by atoms with Crippen LogP contribution in [0.5, 0.6) is 5.75 Å². The topological polar surface area (TPSA) is 32.7 Å². The molecule has 0 saturated heterocycles. The first-order chi connectivity index (χ1) is 10.7. The Morgan fingerprint density at radius 2 is 2.05 bits per heavy atom. The Labute approximate surface area is 137 Å². The number of ether oxygens (including phenoxy) is 1. The highest BCUT2D eigenvalue weighted by atomic mass is 32.1. The van der Waals surface area contributed by atoms with Crippen LogP contribution in [0.4, 0.5) is 0 Å². The largest absolute Gasteiger partial charge is 0.491 e. The molecule has 3 nitrogen and oxygen atoms in total. The van der Waals surface area contributed by atoms with E-state index < -0.39 is 6.10 Å². The van der Waals surface area contributed by atoms with Crippen LogP contribution in [0.2, 0.25) is 0 Å². The van der Waals surface area contributed by atoms with Crippen LogP contribution in [0, 0.1) is 6.92 Å². The van der Waals surface area contributed by atoms with E-state index in [4.69, 9.17) is 4.74 Å². The van der Waals surface area contributed by atoms with Crippen molar-refractivity contribution in [3.05, 3.63) is 52.2 Å². The van der Waals surface area contributed by atoms with Crippen molar-refractivity contribution in [3.8, 4) is 5.75 Å². The number of aryl methyl sites for hydroxylation is 1. The van der Waals surface area contributed by atoms with Gasteiger partial charge in [0.1, 0.15) is 18.5 Å². The van der Waals surface area contributed by atoms with Gasteiger partial charge in [0.2, 0.25) is 0 Å². The van der Waals surface area contributed by atoms with Gasteiger partial charge in [-0.2, -0.15) is 0 Å². The van der Waals surface area contributed by atoms with Crippen LogP contribution in [0.1, 0.15) is 23.8 Å². The summed E-state index contributed by atoms with van der Waals surface area (Å²) in [7, 11) is 0. The van der Waals surface area contributed by atoms with Gasteiger partial charge in [-0.05, 0) is 43.0 Å². The average Bonchev–Trinajstić information content (AvgIpc) is 2.99. The van der Waals surface area contributed by atoms with Gasteiger partial charge in [-0.3, -0.25) is 4.90 Å². The highest BCUT2D eigenvalue weighted by Crippen LogP contribution is 2.17. The Kier molecular flexibility index (Phi) is 6.90. The number of rotatable bonds is 9. The quantitative estimate of drug-likeness (QED) is 0.765. The highest BCUT2D eigenvalue weighted by molar-refractivity contribution is 7.09. The van der Waals surface area contributed by atoms with Crippen molar-refractivity contribution in [1.29, 1.82) is 0 Å². The first-order valence-electron chi connectivity index (χ1n) is 7.80. The number of hydrogen-bond donors (Lipinski definition) is 1. The summed E-state index contributed by atoms with van der Waals surface area (Å²) in [4.78, 5) is 3.62. The maximum atomic E-state index is 10.3. The number of aliphatic hydroxyl groups excluding tert-OH is 1. The SMILES string of the molecule is CCCN(Cc1cccs1)C[C@H](O)COc1ccccc1C. The van der Waals surface area contributed by atoms with Crippen LogP contribution in [-0.4, -0.2) is 35.8 Å². The molecule has 2 rings (SSSR count). The van der Waals surface area contributed by atoms with E-state index in [1.54, 1.807) is 11.3 Å². The summed E-state index contributed by atoms with van der Waals surface area (Å²) >= 11 is 1.76. The Hall–Kier alpha value is -1.36. The van der Waals surface area contributed by atoms with Gasteiger partial charge < -0.3 is 9.84 Å². The molecule has 2 aromatic rings. The molecule has 0 aliphatic carbocycles. The first-order valence-corrected chi connectivity index (χ1v) is 8.68. The summed E-state index contributed by atoms with van der Waals surface area (Å²) < 4.78 is 5.74. The van der Waals surface area contributed by atoms with Crippen LogP contribution in [0.3, 0.4) is 0 Å². The van der Waals surface area contributed by atoms with E-state index in [2.05, 4.69) is 29.3 Å². The fourth-order valence-electron chi connectivity index (χ4n) is 2.43. The molecule has 120 valence electrons. The van der Waals surface area contributed by atoms with Gasteiger partial charge in [0.15, 0.2) is 0 Å². The van der Waals surface area contributed by atoms with E-state index >= 15 is 0 Å². The molecule has 0 aliphatic rings. The van der Waals surface area contributed by atoms with Crippen molar-refractivity contribution in [3.63, 3.8) is 0 Å². The number of hydrogen-bond acceptors (Lipinski definition) is 4. The molecule has 0 saturated carbocycles. The summed E-state index contributed by atoms with van der Waals surface area (Å²) in [6.45, 7) is 7.03. The molecule has 0 aliphatic heterocycles. The molecule has 0 unspecified atom stereocenters. The van der Waals surface area contributed by atoms with Crippen molar-refractivity contribution < 1.29 is 9.84 Å². The fourth-order valence-corrected chi connectivity index (χ4v) is 3.18. The Morgan fingerprint density at radius 3 is 2.73 bits per heavy atom. The lowest BCUT2D eigenvalue weighted by atomic mass is 10.2. The lowest BCUT2D eigenvalue weighted by molar-refractivity contribution is 0.0657. The molecule has 1 N–H and O–H groups in total. The van der Waals surface area contributed by atoms with E-state index in [1.165, 1.54) is 4.88 Å². The highest BCUT2D eigenvalue weighted by Gasteiger charge is 2.13. The van der Waals surface area contributed by atoms with Crippen LogP contribution < -0.4 is 4.74 Å². The van der Waals surface area contributed by atoms with E-state index in [1.807, 2.05) is 31.2 Å². The Morgan fingerprint density at radius 1 is 1.23 bits per heavy atom. The van der Waals surface area contributed by atoms with E-state index in [-0.39, 0.29) is 0 Å². The van der Waals surface area contributed by atoms with Crippen molar-refractivity contribution >= 4 is 11.3 Å². The third-order valence-corrected chi connectivity index (χ3v) is 4.35. The first kappa shape index (κ1) is 17.0. The van der Waals surface area contributed by atoms with Crippen LogP contribution in [-0.2, 0) is 6.54 Å². The summed E-state index contributed by atoms with van der Waals surface area (Å²) in [6, 6.07) is 12.1. The van der Waals surface area contributed by atoms with Gasteiger partial charge >= 0.3 is 0 Å². The predicted molar refractivity (Wildman–Crippen MR) is 92.6 cm³/mol. The molecule has 22 heavy (non-hydrogen) atoms. The molecule has 0 amide bonds. The zero-order chi connectivity index (χ0) is 15.8. The Bertz CT molecular complexity index is 542. The minimum Gasteiger partial charge on any atom is -0.491 e. The van der Waals surface area contributed by atoms with E-state index in [9.17, 15) is 5.11 Å². The second-order valence-corrected chi connectivity index (χ2v) is 6.58. The molecular formula is C18H25NO2S. The van der Waals surface area contributed by atoms with Gasteiger partial charge in [0.25, 0.3) is 0 Å². The van der Waals surface area contributed by atoms with Crippen LogP contribution in [0.25, 0.3) is 0 Å². The molecular weight excluding hydrogens is 294 g/mol. The molecule has 0 radical (unpaired) electrons. The van der Waals surface area contributed by atoms with Crippen molar-refractivity contribution in [1.82, 2.24) is 4.90 Å². The molecule has 4 heteroatoms. The van der Waals surface area contributed by atoms with Gasteiger partial charge in [-0.15, -0.1) is 11.3 Å². The van der Waals surface area contributed by atoms with Crippen molar-refractivity contribution in [2.75, 3.05) is 19.7 Å². The smallest absolute Gasteiger partial charge is 0.122 e. The fraction of sp³-hybridized carbons (Fsp3) is 0.444. The molecule has 1 atom stereocenters. The lowest BCUT2D eigenvalue weighted by Crippen LogP contribution is -2.35. The Balaban J connectivity index is 1.82. The zero-order valence-electron chi connectivity index (χ0n) is 13.4. The normalized spacial score (nSPS) is 12.5. The van der Waals surface area contributed by atoms with Gasteiger partial charge in [-0.25, -0.2) is 0 Å². The van der Waals surface area contributed by atoms with Crippen LogP contribution >= 0.6 is 11.3 Å².